The van der Waals surface area contributed by atoms with Crippen LogP contribution in [0.25, 0.3) is 5.69 Å². The highest BCUT2D eigenvalue weighted by atomic mass is 16.3. The molecule has 5 heteroatoms. The van der Waals surface area contributed by atoms with E-state index in [1.54, 1.807) is 18.6 Å². The molecule has 1 aliphatic rings. The van der Waals surface area contributed by atoms with E-state index in [1.165, 1.54) is 0 Å². The number of imidazole rings is 1. The van der Waals surface area contributed by atoms with Gasteiger partial charge in [-0.15, -0.1) is 0 Å². The number of benzene rings is 2. The fourth-order valence-electron chi connectivity index (χ4n) is 3.44. The Labute approximate surface area is 146 Å². The smallest absolute Gasteiger partial charge is 0.251 e. The number of hydrogen-bond acceptors (Lipinski definition) is 3. The number of carbonyl (C=O) groups excluding carboxylic acids is 1. The van der Waals surface area contributed by atoms with Crippen molar-refractivity contribution in [2.24, 2.45) is 0 Å². The average molecular weight is 333 g/mol. The van der Waals surface area contributed by atoms with Crippen molar-refractivity contribution in [2.75, 3.05) is 0 Å². The highest BCUT2D eigenvalue weighted by Gasteiger charge is 2.24. The lowest BCUT2D eigenvalue weighted by atomic mass is 9.87. The maximum absolute atomic E-state index is 12.7. The third kappa shape index (κ3) is 3.01. The van der Waals surface area contributed by atoms with Crippen LogP contribution in [0.5, 0.6) is 5.75 Å². The van der Waals surface area contributed by atoms with Crippen molar-refractivity contribution in [3.05, 3.63) is 77.9 Å². The van der Waals surface area contributed by atoms with Crippen LogP contribution in [0, 0.1) is 0 Å². The molecule has 0 bridgehead atoms. The van der Waals surface area contributed by atoms with Crippen LogP contribution in [-0.4, -0.2) is 20.6 Å². The predicted octanol–water partition coefficient (Wildman–Crippen LogP) is 3.39. The normalized spacial score (nSPS) is 16.2. The zero-order chi connectivity index (χ0) is 17.2. The molecule has 0 spiro atoms. The zero-order valence-electron chi connectivity index (χ0n) is 13.7. The zero-order valence-corrected chi connectivity index (χ0v) is 13.7. The largest absolute Gasteiger partial charge is 0.508 e. The minimum atomic E-state index is -0.108. The monoisotopic (exact) mass is 333 g/mol. The first-order valence-electron chi connectivity index (χ1n) is 8.42. The maximum Gasteiger partial charge on any atom is 0.251 e. The van der Waals surface area contributed by atoms with E-state index >= 15 is 0 Å². The van der Waals surface area contributed by atoms with E-state index in [0.29, 0.717) is 11.3 Å². The summed E-state index contributed by atoms with van der Waals surface area (Å²) in [6, 6.07) is 12.9. The van der Waals surface area contributed by atoms with Gasteiger partial charge in [0.25, 0.3) is 5.91 Å². The molecule has 0 saturated heterocycles. The first-order valence-corrected chi connectivity index (χ1v) is 8.42. The summed E-state index contributed by atoms with van der Waals surface area (Å²) in [4.78, 5) is 16.8. The summed E-state index contributed by atoms with van der Waals surface area (Å²) in [5.74, 6) is 0.210. The molecule has 2 N–H and O–H groups in total. The Balaban J connectivity index is 1.58. The number of phenolic OH excluding ortho intramolecular Hbond substituents is 1. The minimum Gasteiger partial charge on any atom is -0.508 e. The second-order valence-electron chi connectivity index (χ2n) is 6.28. The lowest BCUT2D eigenvalue weighted by Crippen LogP contribution is -2.31. The molecule has 2 aromatic carbocycles. The van der Waals surface area contributed by atoms with Crippen LogP contribution < -0.4 is 5.32 Å². The van der Waals surface area contributed by atoms with Gasteiger partial charge in [-0.25, -0.2) is 4.98 Å². The number of nitrogens with one attached hydrogen (secondary N) is 1. The van der Waals surface area contributed by atoms with Crippen LogP contribution in [0.15, 0.2) is 61.2 Å². The Kier molecular flexibility index (Phi) is 3.98. The van der Waals surface area contributed by atoms with E-state index in [1.807, 2.05) is 47.2 Å². The van der Waals surface area contributed by atoms with Crippen molar-refractivity contribution in [3.8, 4) is 11.4 Å². The van der Waals surface area contributed by atoms with Crippen LogP contribution in [0.2, 0.25) is 0 Å². The summed E-state index contributed by atoms with van der Waals surface area (Å²) in [6.45, 7) is 0. The molecule has 3 aromatic rings. The first-order chi connectivity index (χ1) is 12.2. The lowest BCUT2D eigenvalue weighted by Gasteiger charge is -2.27. The van der Waals surface area contributed by atoms with E-state index in [-0.39, 0.29) is 11.9 Å². The van der Waals surface area contributed by atoms with Gasteiger partial charge in [0, 0.05) is 23.6 Å². The molecule has 5 nitrogen and oxygen atoms in total. The number of fused-ring (bicyclic) bond motifs is 1. The van der Waals surface area contributed by atoms with Gasteiger partial charge in [-0.2, -0.15) is 0 Å². The summed E-state index contributed by atoms with van der Waals surface area (Å²) in [6.07, 6.45) is 7.94. The van der Waals surface area contributed by atoms with E-state index in [0.717, 1.165) is 36.1 Å². The Bertz CT molecular complexity index is 903. The van der Waals surface area contributed by atoms with Gasteiger partial charge in [0.1, 0.15) is 5.75 Å². The van der Waals surface area contributed by atoms with Crippen LogP contribution in [0.3, 0.4) is 0 Å². The fraction of sp³-hybridized carbons (Fsp3) is 0.200. The quantitative estimate of drug-likeness (QED) is 0.772. The summed E-state index contributed by atoms with van der Waals surface area (Å²) in [5.41, 5.74) is 3.47. The Morgan fingerprint density at radius 2 is 2.12 bits per heavy atom. The minimum absolute atomic E-state index is 0.0692. The molecule has 1 aromatic heterocycles. The molecule has 1 heterocycles. The van der Waals surface area contributed by atoms with E-state index in [9.17, 15) is 9.90 Å². The van der Waals surface area contributed by atoms with Gasteiger partial charge in [0.05, 0.1) is 12.4 Å². The standard InChI is InChI=1S/C20H19N3O2/c24-19-9-3-6-16-17(19)7-2-8-18(16)22-20(25)14-4-1-5-15(12-14)23-11-10-21-13-23/h1,3-6,9-13,18,24H,2,7-8H2,(H,22,25)/t18-/m0/s1. The molecular weight excluding hydrogens is 314 g/mol. The van der Waals surface area contributed by atoms with E-state index < -0.39 is 0 Å². The highest BCUT2D eigenvalue weighted by Crippen LogP contribution is 2.34. The topological polar surface area (TPSA) is 67.2 Å². The molecule has 0 radical (unpaired) electrons. The molecule has 126 valence electrons. The Morgan fingerprint density at radius 1 is 1.24 bits per heavy atom. The number of aromatic hydroxyl groups is 1. The Hall–Kier alpha value is -3.08. The van der Waals surface area contributed by atoms with E-state index in [2.05, 4.69) is 10.3 Å². The van der Waals surface area contributed by atoms with Gasteiger partial charge in [0.15, 0.2) is 0 Å². The first kappa shape index (κ1) is 15.4. The molecule has 0 aliphatic heterocycles. The molecule has 1 aliphatic carbocycles. The SMILES string of the molecule is O=C(N[C@H]1CCCc2c(O)cccc21)c1cccc(-n2ccnc2)c1. The molecule has 4 rings (SSSR count). The van der Waals surface area contributed by atoms with Gasteiger partial charge < -0.3 is 15.0 Å². The summed E-state index contributed by atoms with van der Waals surface area (Å²) in [5, 5.41) is 13.2. The van der Waals surface area contributed by atoms with E-state index in [4.69, 9.17) is 0 Å². The average Bonchev–Trinajstić information content (AvgIpc) is 3.17. The number of amides is 1. The molecule has 0 saturated carbocycles. The van der Waals surface area contributed by atoms with Gasteiger partial charge in [-0.3, -0.25) is 4.79 Å². The second kappa shape index (κ2) is 6.43. The van der Waals surface area contributed by atoms with Crippen molar-refractivity contribution in [2.45, 2.75) is 25.3 Å². The highest BCUT2D eigenvalue weighted by molar-refractivity contribution is 5.95. The number of nitrogens with zero attached hydrogens (tertiary/aromatic N) is 2. The molecule has 0 unspecified atom stereocenters. The molecule has 0 fully saturated rings. The van der Waals surface area contributed by atoms with Gasteiger partial charge in [-0.05, 0) is 54.7 Å². The third-order valence-corrected chi connectivity index (χ3v) is 4.70. The summed E-state index contributed by atoms with van der Waals surface area (Å²) in [7, 11) is 0. The lowest BCUT2D eigenvalue weighted by molar-refractivity contribution is 0.0932. The van der Waals surface area contributed by atoms with Crippen LogP contribution >= 0.6 is 0 Å². The number of phenols is 1. The van der Waals surface area contributed by atoms with Gasteiger partial charge in [0.2, 0.25) is 0 Å². The summed E-state index contributed by atoms with van der Waals surface area (Å²) >= 11 is 0. The van der Waals surface area contributed by atoms with Gasteiger partial charge >= 0.3 is 0 Å². The Morgan fingerprint density at radius 3 is 2.96 bits per heavy atom. The van der Waals surface area contributed by atoms with Crippen LogP contribution in [-0.2, 0) is 6.42 Å². The number of carbonyl (C=O) groups is 1. The molecule has 25 heavy (non-hydrogen) atoms. The molecule has 1 amide bonds. The second-order valence-corrected chi connectivity index (χ2v) is 6.28. The van der Waals surface area contributed by atoms with Gasteiger partial charge in [-0.1, -0.05) is 18.2 Å². The number of aromatic nitrogens is 2. The van der Waals surface area contributed by atoms with Crippen LogP contribution in [0.1, 0.15) is 40.4 Å². The number of hydrogen-bond donors (Lipinski definition) is 2. The number of rotatable bonds is 3. The van der Waals surface area contributed by atoms with Crippen molar-refractivity contribution >= 4 is 5.91 Å². The van der Waals surface area contributed by atoms with Crippen LogP contribution in [0.4, 0.5) is 0 Å². The third-order valence-electron chi connectivity index (χ3n) is 4.70. The summed E-state index contributed by atoms with van der Waals surface area (Å²) < 4.78 is 1.87. The van der Waals surface area contributed by atoms with Crippen molar-refractivity contribution in [1.82, 2.24) is 14.9 Å². The predicted molar refractivity (Wildman–Crippen MR) is 94.8 cm³/mol. The fourth-order valence-corrected chi connectivity index (χ4v) is 3.44. The molecule has 1 atom stereocenters. The van der Waals surface area contributed by atoms with Crippen molar-refractivity contribution in [3.63, 3.8) is 0 Å². The van der Waals surface area contributed by atoms with Crippen molar-refractivity contribution in [1.29, 1.82) is 0 Å². The maximum atomic E-state index is 12.7. The van der Waals surface area contributed by atoms with Crippen molar-refractivity contribution < 1.29 is 9.90 Å². The molecular formula is C20H19N3O2.